The molecule has 27 heavy (non-hydrogen) atoms. The van der Waals surface area contributed by atoms with E-state index in [-0.39, 0.29) is 14.8 Å². The van der Waals surface area contributed by atoms with Crippen LogP contribution in [-0.4, -0.2) is 34.5 Å². The van der Waals surface area contributed by atoms with Crippen LogP contribution in [0.3, 0.4) is 0 Å². The standard InChI is InChI=1S/C18H13FN2O4S2/c19-11-4-6-12(7-5-11)27(24,25)17(26-10-16(22)21-18(26)23)14-2-1-3-15-13(14)8-9-20-15/h1-9,20H,10H2,(H,21,22,23). The number of carbonyl (C=O) groups excluding carboxylic acids is 2. The van der Waals surface area contributed by atoms with Gasteiger partial charge in [0.25, 0.3) is 5.24 Å². The third-order valence-corrected chi connectivity index (χ3v) is 8.78. The average molecular weight is 404 g/mol. The second kappa shape index (κ2) is 6.43. The van der Waals surface area contributed by atoms with Crippen molar-refractivity contribution in [1.29, 1.82) is 0 Å². The number of aromatic amines is 1. The van der Waals surface area contributed by atoms with Gasteiger partial charge in [-0.3, -0.25) is 14.9 Å². The minimum absolute atomic E-state index is 0.133. The van der Waals surface area contributed by atoms with Crippen LogP contribution in [0.15, 0.2) is 59.6 Å². The zero-order chi connectivity index (χ0) is 19.2. The van der Waals surface area contributed by atoms with Crippen LogP contribution in [0.1, 0.15) is 5.56 Å². The van der Waals surface area contributed by atoms with Crippen LogP contribution in [0.4, 0.5) is 9.18 Å². The number of amides is 2. The molecule has 1 fully saturated rings. The molecular weight excluding hydrogens is 391 g/mol. The van der Waals surface area contributed by atoms with Crippen molar-refractivity contribution in [2.45, 2.75) is 4.90 Å². The van der Waals surface area contributed by atoms with E-state index in [0.29, 0.717) is 16.5 Å². The molecule has 0 bridgehead atoms. The number of sulfone groups is 1. The van der Waals surface area contributed by atoms with Crippen molar-refractivity contribution in [1.82, 2.24) is 10.3 Å². The minimum Gasteiger partial charge on any atom is -0.361 e. The fraction of sp³-hybridized carbons (Fsp3) is 0.0556. The van der Waals surface area contributed by atoms with E-state index in [2.05, 4.69) is 10.3 Å². The molecule has 3 aromatic rings. The van der Waals surface area contributed by atoms with Crippen molar-refractivity contribution < 1.29 is 22.4 Å². The van der Waals surface area contributed by atoms with Gasteiger partial charge >= 0.3 is 0 Å². The fourth-order valence-electron chi connectivity index (χ4n) is 2.95. The largest absolute Gasteiger partial charge is 0.361 e. The van der Waals surface area contributed by atoms with Crippen LogP contribution in [0.2, 0.25) is 0 Å². The van der Waals surface area contributed by atoms with Gasteiger partial charge in [0.2, 0.25) is 15.7 Å². The van der Waals surface area contributed by atoms with Crippen LogP contribution >= 0.6 is 10.5 Å². The highest BCUT2D eigenvalue weighted by molar-refractivity contribution is 8.39. The maximum Gasteiger partial charge on any atom is 0.281 e. The Hall–Kier alpha value is -2.78. The van der Waals surface area contributed by atoms with Gasteiger partial charge in [-0.05, 0) is 36.4 Å². The van der Waals surface area contributed by atoms with Gasteiger partial charge in [-0.1, -0.05) is 22.6 Å². The van der Waals surface area contributed by atoms with Crippen molar-refractivity contribution in [2.75, 3.05) is 5.75 Å². The molecule has 138 valence electrons. The molecule has 9 heteroatoms. The lowest BCUT2D eigenvalue weighted by Crippen LogP contribution is -2.20. The highest BCUT2D eigenvalue weighted by Gasteiger charge is 2.34. The second-order valence-corrected chi connectivity index (χ2v) is 9.85. The van der Waals surface area contributed by atoms with Gasteiger partial charge in [-0.25, -0.2) is 12.8 Å². The Morgan fingerprint density at radius 3 is 2.44 bits per heavy atom. The molecular formula is C18H13FN2O4S2. The number of rotatable bonds is 2. The van der Waals surface area contributed by atoms with Crippen molar-refractivity contribution in [3.63, 3.8) is 0 Å². The molecule has 0 saturated carbocycles. The van der Waals surface area contributed by atoms with Crippen LogP contribution in [-0.2, 0) is 14.6 Å². The predicted molar refractivity (Wildman–Crippen MR) is 102 cm³/mol. The fourth-order valence-corrected chi connectivity index (χ4v) is 7.33. The van der Waals surface area contributed by atoms with Crippen LogP contribution < -0.4 is 5.32 Å². The normalized spacial score (nSPS) is 18.0. The maximum absolute atomic E-state index is 13.4. The van der Waals surface area contributed by atoms with Crippen molar-refractivity contribution in [3.8, 4) is 0 Å². The minimum atomic E-state index is -4.14. The first-order valence-corrected chi connectivity index (χ1v) is 10.7. The zero-order valence-electron chi connectivity index (χ0n) is 13.7. The highest BCUT2D eigenvalue weighted by Crippen LogP contribution is 2.33. The van der Waals surface area contributed by atoms with E-state index < -0.39 is 37.3 Å². The lowest BCUT2D eigenvalue weighted by Gasteiger charge is -2.13. The maximum atomic E-state index is 13.4. The number of carbonyl (C=O) groups is 2. The smallest absolute Gasteiger partial charge is 0.281 e. The number of nitrogens with one attached hydrogen (secondary N) is 2. The van der Waals surface area contributed by atoms with Gasteiger partial charge < -0.3 is 4.98 Å². The van der Waals surface area contributed by atoms with Crippen molar-refractivity contribution >= 4 is 46.6 Å². The van der Waals surface area contributed by atoms with Crippen LogP contribution in [0, 0.1) is 5.82 Å². The molecule has 6 nitrogen and oxygen atoms in total. The van der Waals surface area contributed by atoms with E-state index in [0.717, 1.165) is 24.3 Å². The van der Waals surface area contributed by atoms with E-state index in [1.165, 1.54) is 0 Å². The SMILES string of the molecule is O=C1CS(=C(c2cccc3[nH]ccc23)S(=O)(=O)c2ccc(F)cc2)C(=O)N1. The summed E-state index contributed by atoms with van der Waals surface area (Å²) in [5.74, 6) is -1.31. The van der Waals surface area contributed by atoms with Gasteiger partial charge in [0.1, 0.15) is 10.0 Å². The molecule has 1 aliphatic heterocycles. The summed E-state index contributed by atoms with van der Waals surface area (Å²) in [7, 11) is -5.63. The van der Waals surface area contributed by atoms with Gasteiger partial charge in [0.05, 0.1) is 10.6 Å². The molecule has 0 spiro atoms. The number of imide groups is 1. The van der Waals surface area contributed by atoms with E-state index in [4.69, 9.17) is 0 Å². The number of H-pyrrole nitrogens is 1. The Morgan fingerprint density at radius 2 is 1.78 bits per heavy atom. The molecule has 0 aliphatic carbocycles. The first kappa shape index (κ1) is 17.6. The van der Waals surface area contributed by atoms with Gasteiger partial charge in [-0.15, -0.1) is 0 Å². The number of aromatic nitrogens is 1. The first-order valence-electron chi connectivity index (χ1n) is 7.87. The third kappa shape index (κ3) is 2.98. The summed E-state index contributed by atoms with van der Waals surface area (Å²) >= 11 is 0. The van der Waals surface area contributed by atoms with E-state index >= 15 is 0 Å². The zero-order valence-corrected chi connectivity index (χ0v) is 15.4. The number of fused-ring (bicyclic) bond motifs is 1. The van der Waals surface area contributed by atoms with E-state index in [1.807, 2.05) is 0 Å². The molecule has 1 atom stereocenters. The molecule has 1 aliphatic rings. The number of hydrogen-bond donors (Lipinski definition) is 2. The summed E-state index contributed by atoms with van der Waals surface area (Å²) in [6.45, 7) is 0. The quantitative estimate of drug-likeness (QED) is 0.507. The number of hydrogen-bond acceptors (Lipinski definition) is 4. The molecule has 4 rings (SSSR count). The summed E-state index contributed by atoms with van der Waals surface area (Å²) in [6, 6.07) is 11.2. The molecule has 2 heterocycles. The topological polar surface area (TPSA) is 96.1 Å². The monoisotopic (exact) mass is 404 g/mol. The lowest BCUT2D eigenvalue weighted by atomic mass is 10.1. The number of halogens is 1. The van der Waals surface area contributed by atoms with Gasteiger partial charge in [0.15, 0.2) is 0 Å². The molecule has 2 N–H and O–H groups in total. The molecule has 1 unspecified atom stereocenters. The molecule has 0 radical (unpaired) electrons. The van der Waals surface area contributed by atoms with Gasteiger partial charge in [0, 0.05) is 22.7 Å². The van der Waals surface area contributed by atoms with Crippen molar-refractivity contribution in [3.05, 3.63) is 66.1 Å². The Labute approximate surface area is 156 Å². The Bertz CT molecular complexity index is 1230. The van der Waals surface area contributed by atoms with Crippen molar-refractivity contribution in [2.24, 2.45) is 0 Å². The Balaban J connectivity index is 2.05. The summed E-state index contributed by atoms with van der Waals surface area (Å²) in [5.41, 5.74) is 1.06. The lowest BCUT2D eigenvalue weighted by molar-refractivity contribution is -0.117. The van der Waals surface area contributed by atoms with Crippen LogP contribution in [0.25, 0.3) is 10.9 Å². The van der Waals surface area contributed by atoms with E-state index in [9.17, 15) is 22.4 Å². The first-order chi connectivity index (χ1) is 12.9. The Morgan fingerprint density at radius 1 is 1.04 bits per heavy atom. The second-order valence-electron chi connectivity index (χ2n) is 5.86. The van der Waals surface area contributed by atoms with E-state index in [1.54, 1.807) is 30.5 Å². The highest BCUT2D eigenvalue weighted by atomic mass is 32.3. The van der Waals surface area contributed by atoms with Crippen LogP contribution in [0.5, 0.6) is 0 Å². The van der Waals surface area contributed by atoms with Gasteiger partial charge in [-0.2, -0.15) is 0 Å². The third-order valence-electron chi connectivity index (χ3n) is 4.15. The summed E-state index contributed by atoms with van der Waals surface area (Å²) in [4.78, 5) is 26.9. The molecule has 1 saturated heterocycles. The summed E-state index contributed by atoms with van der Waals surface area (Å²) < 4.78 is 39.9. The molecule has 1 aromatic heterocycles. The average Bonchev–Trinajstić information content (AvgIpc) is 3.22. The summed E-state index contributed by atoms with van der Waals surface area (Å²) in [5, 5.41) is 2.16. The number of benzene rings is 2. The predicted octanol–water partition coefficient (Wildman–Crippen LogP) is 2.78. The molecule has 2 amide bonds. The summed E-state index contributed by atoms with van der Waals surface area (Å²) in [6.07, 6.45) is 1.67. The Kier molecular flexibility index (Phi) is 4.20. The molecule has 2 aromatic carbocycles.